The fourth-order valence-corrected chi connectivity index (χ4v) is 5.67. The summed E-state index contributed by atoms with van der Waals surface area (Å²) in [5.41, 5.74) is 1.48. The van der Waals surface area contributed by atoms with E-state index in [-0.39, 0.29) is 17.6 Å². The van der Waals surface area contributed by atoms with Gasteiger partial charge in [0.2, 0.25) is 23.5 Å². The van der Waals surface area contributed by atoms with Gasteiger partial charge in [0.1, 0.15) is 11.6 Å². The molecule has 5 rings (SSSR count). The van der Waals surface area contributed by atoms with Crippen molar-refractivity contribution in [3.63, 3.8) is 0 Å². The maximum absolute atomic E-state index is 13.3. The van der Waals surface area contributed by atoms with Crippen LogP contribution in [-0.4, -0.2) is 53.1 Å². The van der Waals surface area contributed by atoms with E-state index in [0.717, 1.165) is 37.9 Å². The number of amides is 2. The molecule has 1 spiro atoms. The molecule has 2 amide bonds. The molecule has 9 heteroatoms. The maximum atomic E-state index is 13.3. The van der Waals surface area contributed by atoms with Gasteiger partial charge in [-0.25, -0.2) is 4.39 Å². The van der Waals surface area contributed by atoms with E-state index in [9.17, 15) is 14.0 Å². The van der Waals surface area contributed by atoms with E-state index in [2.05, 4.69) is 21.5 Å². The Kier molecular flexibility index (Phi) is 9.08. The number of likely N-dealkylation sites (tertiary alicyclic amines) is 1. The molecule has 40 heavy (non-hydrogen) atoms. The number of ether oxygens (including phenoxy) is 1. The van der Waals surface area contributed by atoms with E-state index in [1.165, 1.54) is 17.7 Å². The summed E-state index contributed by atoms with van der Waals surface area (Å²) in [6, 6.07) is 14.1. The van der Waals surface area contributed by atoms with Gasteiger partial charge in [-0.15, -0.1) is 0 Å². The van der Waals surface area contributed by atoms with Crippen LogP contribution in [0.15, 0.2) is 53.1 Å². The zero-order chi connectivity index (χ0) is 27.8. The molecule has 3 aromatic rings. The third-order valence-electron chi connectivity index (χ3n) is 8.10. The number of halogens is 1. The first-order valence-corrected chi connectivity index (χ1v) is 14.4. The van der Waals surface area contributed by atoms with Gasteiger partial charge in [0.15, 0.2) is 0 Å². The maximum Gasteiger partial charge on any atom is 0.226 e. The standard InChI is InChI=1S/C31H37FN4O4/c32-25-14-12-24(13-15-25)29-34-27(40-35-29)10-5-11-28(37)36-20-17-31(18-21-36)16-4-3-8-23-7-1-2-9-26(23)39-22-6-19-33-30(31)38/h1-2,7,9,12-15H,3-6,8,10-11,16-22H2,(H,33,38). The summed E-state index contributed by atoms with van der Waals surface area (Å²) in [6.07, 6.45) is 7.31. The van der Waals surface area contributed by atoms with Crippen LogP contribution >= 0.6 is 0 Å². The number of aryl methyl sites for hydroxylation is 2. The first-order valence-electron chi connectivity index (χ1n) is 14.4. The average molecular weight is 549 g/mol. The molecule has 8 nitrogen and oxygen atoms in total. The molecule has 0 atom stereocenters. The normalized spacial score (nSPS) is 18.0. The fourth-order valence-electron chi connectivity index (χ4n) is 5.67. The summed E-state index contributed by atoms with van der Waals surface area (Å²) in [7, 11) is 0. The molecular weight excluding hydrogens is 511 g/mol. The van der Waals surface area contributed by atoms with E-state index in [0.29, 0.717) is 75.6 Å². The van der Waals surface area contributed by atoms with Gasteiger partial charge < -0.3 is 19.5 Å². The Balaban J connectivity index is 1.11. The summed E-state index contributed by atoms with van der Waals surface area (Å²) in [6.45, 7) is 2.34. The van der Waals surface area contributed by atoms with Crippen LogP contribution in [0.4, 0.5) is 4.39 Å². The molecule has 2 aliphatic heterocycles. The summed E-state index contributed by atoms with van der Waals surface area (Å²) in [4.78, 5) is 32.6. The van der Waals surface area contributed by atoms with Crippen molar-refractivity contribution < 1.29 is 23.2 Å². The molecule has 0 unspecified atom stereocenters. The van der Waals surface area contributed by atoms with Crippen LogP contribution in [0.1, 0.15) is 62.8 Å². The number of carbonyl (C=O) groups is 2. The molecule has 2 aromatic carbocycles. The minimum absolute atomic E-state index is 0.0897. The summed E-state index contributed by atoms with van der Waals surface area (Å²) >= 11 is 0. The SMILES string of the molecule is O=C(CCCc1nc(-c2ccc(F)cc2)no1)N1CCC2(CCCCc3ccccc3OCCCNC2=O)CC1. The monoisotopic (exact) mass is 548 g/mol. The highest BCUT2D eigenvalue weighted by atomic mass is 19.1. The molecule has 212 valence electrons. The highest BCUT2D eigenvalue weighted by Crippen LogP contribution is 2.38. The van der Waals surface area contributed by atoms with Crippen LogP contribution in [-0.2, 0) is 22.4 Å². The predicted octanol–water partition coefficient (Wildman–Crippen LogP) is 5.12. The summed E-state index contributed by atoms with van der Waals surface area (Å²) in [5.74, 6) is 1.70. The lowest BCUT2D eigenvalue weighted by Crippen LogP contribution is -2.50. The second-order valence-corrected chi connectivity index (χ2v) is 10.8. The van der Waals surface area contributed by atoms with Gasteiger partial charge in [-0.2, -0.15) is 4.98 Å². The Labute approximate surface area is 234 Å². The first-order chi connectivity index (χ1) is 19.5. The first kappa shape index (κ1) is 27.8. The Hall–Kier alpha value is -3.75. The molecule has 0 aliphatic carbocycles. The number of nitrogens with zero attached hydrogens (tertiary/aromatic N) is 3. The van der Waals surface area contributed by atoms with Crippen LogP contribution in [0.25, 0.3) is 11.4 Å². The lowest BCUT2D eigenvalue weighted by Gasteiger charge is -2.41. The molecule has 1 N–H and O–H groups in total. The van der Waals surface area contributed by atoms with E-state index in [4.69, 9.17) is 9.26 Å². The molecule has 1 fully saturated rings. The van der Waals surface area contributed by atoms with Gasteiger partial charge in [0.25, 0.3) is 0 Å². The van der Waals surface area contributed by atoms with Gasteiger partial charge in [-0.1, -0.05) is 29.8 Å². The largest absolute Gasteiger partial charge is 0.493 e. The number of rotatable bonds is 5. The molecule has 0 bridgehead atoms. The number of carbonyl (C=O) groups excluding carboxylic acids is 2. The number of fused-ring (bicyclic) bond motifs is 1. The van der Waals surface area contributed by atoms with Crippen molar-refractivity contribution >= 4 is 11.8 Å². The van der Waals surface area contributed by atoms with Crippen molar-refractivity contribution in [3.05, 3.63) is 65.8 Å². The van der Waals surface area contributed by atoms with Crippen molar-refractivity contribution in [1.29, 1.82) is 0 Å². The van der Waals surface area contributed by atoms with Gasteiger partial charge in [0.05, 0.1) is 12.0 Å². The van der Waals surface area contributed by atoms with Crippen molar-refractivity contribution in [1.82, 2.24) is 20.4 Å². The summed E-state index contributed by atoms with van der Waals surface area (Å²) in [5, 5.41) is 7.12. The van der Waals surface area contributed by atoms with E-state index >= 15 is 0 Å². The van der Waals surface area contributed by atoms with Crippen molar-refractivity contribution in [2.45, 2.75) is 64.2 Å². The molecule has 3 heterocycles. The second kappa shape index (κ2) is 13.1. The molecule has 1 saturated heterocycles. The molecule has 0 radical (unpaired) electrons. The number of aromatic nitrogens is 2. The highest BCUT2D eigenvalue weighted by Gasteiger charge is 2.41. The minimum Gasteiger partial charge on any atom is -0.493 e. The van der Waals surface area contributed by atoms with Crippen LogP contribution in [0.3, 0.4) is 0 Å². The van der Waals surface area contributed by atoms with Crippen molar-refractivity contribution in [2.24, 2.45) is 5.41 Å². The number of benzene rings is 2. The molecule has 0 saturated carbocycles. The molecule has 2 aliphatic rings. The smallest absolute Gasteiger partial charge is 0.226 e. The average Bonchev–Trinajstić information content (AvgIpc) is 3.45. The number of hydrogen-bond donors (Lipinski definition) is 1. The lowest BCUT2D eigenvalue weighted by atomic mass is 9.73. The summed E-state index contributed by atoms with van der Waals surface area (Å²) < 4.78 is 24.4. The number of para-hydroxylation sites is 1. The van der Waals surface area contributed by atoms with Crippen molar-refractivity contribution in [2.75, 3.05) is 26.2 Å². The van der Waals surface area contributed by atoms with E-state index < -0.39 is 5.41 Å². The zero-order valence-electron chi connectivity index (χ0n) is 22.9. The predicted molar refractivity (Wildman–Crippen MR) is 148 cm³/mol. The Morgan fingerprint density at radius 3 is 2.65 bits per heavy atom. The van der Waals surface area contributed by atoms with Crippen LogP contribution in [0.2, 0.25) is 0 Å². The zero-order valence-corrected chi connectivity index (χ0v) is 22.9. The van der Waals surface area contributed by atoms with Gasteiger partial charge in [-0.3, -0.25) is 9.59 Å². The Morgan fingerprint density at radius 1 is 1.02 bits per heavy atom. The van der Waals surface area contributed by atoms with Crippen LogP contribution in [0.5, 0.6) is 5.75 Å². The van der Waals surface area contributed by atoms with E-state index in [1.54, 1.807) is 12.1 Å². The van der Waals surface area contributed by atoms with Crippen LogP contribution < -0.4 is 10.1 Å². The number of hydrogen-bond acceptors (Lipinski definition) is 6. The molecular formula is C31H37FN4O4. The Morgan fingerprint density at radius 2 is 1.82 bits per heavy atom. The van der Waals surface area contributed by atoms with Crippen molar-refractivity contribution in [3.8, 4) is 17.1 Å². The van der Waals surface area contributed by atoms with Gasteiger partial charge >= 0.3 is 0 Å². The minimum atomic E-state index is -0.425. The third-order valence-corrected chi connectivity index (χ3v) is 8.10. The lowest BCUT2D eigenvalue weighted by molar-refractivity contribution is -0.141. The molecule has 1 aromatic heterocycles. The van der Waals surface area contributed by atoms with Gasteiger partial charge in [0, 0.05) is 38.0 Å². The topological polar surface area (TPSA) is 97.6 Å². The van der Waals surface area contributed by atoms with E-state index in [1.807, 2.05) is 23.1 Å². The number of nitrogens with one attached hydrogen (secondary N) is 1. The van der Waals surface area contributed by atoms with Crippen LogP contribution in [0, 0.1) is 11.2 Å². The fraction of sp³-hybridized carbons (Fsp3) is 0.484. The quantitative estimate of drug-likeness (QED) is 0.476. The third kappa shape index (κ3) is 6.87. The second-order valence-electron chi connectivity index (χ2n) is 10.8. The number of piperidine rings is 1. The Bertz CT molecular complexity index is 1280. The highest BCUT2D eigenvalue weighted by molar-refractivity contribution is 5.83. The van der Waals surface area contributed by atoms with Gasteiger partial charge in [-0.05, 0) is 80.8 Å².